The molecule has 26 heavy (non-hydrogen) atoms. The Balaban J connectivity index is 1.44. The van der Waals surface area contributed by atoms with Crippen molar-refractivity contribution in [3.8, 4) is 11.5 Å². The number of fused-ring (bicyclic) bond motifs is 1. The molecule has 1 amide bonds. The first-order chi connectivity index (χ1) is 12.8. The van der Waals surface area contributed by atoms with E-state index in [2.05, 4.69) is 23.1 Å². The molecule has 0 bridgehead atoms. The first kappa shape index (κ1) is 16.8. The van der Waals surface area contributed by atoms with Crippen LogP contribution < -0.4 is 19.3 Å². The van der Waals surface area contributed by atoms with Crippen molar-refractivity contribution in [3.63, 3.8) is 0 Å². The monoisotopic (exact) mass is 352 g/mol. The number of carbonyl (C=O) groups excluding carboxylic acids is 1. The summed E-state index contributed by atoms with van der Waals surface area (Å²) in [6.07, 6.45) is 3.43. The smallest absolute Gasteiger partial charge is 0.264 e. The van der Waals surface area contributed by atoms with Crippen LogP contribution in [0.15, 0.2) is 42.5 Å². The Kier molecular flexibility index (Phi) is 4.69. The van der Waals surface area contributed by atoms with Crippen molar-refractivity contribution >= 4 is 17.3 Å². The summed E-state index contributed by atoms with van der Waals surface area (Å²) in [4.78, 5) is 16.9. The van der Waals surface area contributed by atoms with Crippen LogP contribution in [0, 0.1) is 0 Å². The molecule has 2 aromatic carbocycles. The lowest BCUT2D eigenvalue weighted by Gasteiger charge is -2.21. The zero-order valence-corrected chi connectivity index (χ0v) is 15.1. The SMILES string of the molecule is COc1ccccc1OCC(=O)N1CCc2cc(N3CCCC3)ccc21. The predicted molar refractivity (Wildman–Crippen MR) is 102 cm³/mol. The topological polar surface area (TPSA) is 42.0 Å². The molecule has 5 nitrogen and oxygen atoms in total. The highest BCUT2D eigenvalue weighted by atomic mass is 16.5. The molecule has 2 aliphatic rings. The number of para-hydroxylation sites is 2. The van der Waals surface area contributed by atoms with E-state index in [1.54, 1.807) is 7.11 Å². The number of amides is 1. The van der Waals surface area contributed by atoms with E-state index in [1.165, 1.54) is 24.1 Å². The van der Waals surface area contributed by atoms with Gasteiger partial charge in [-0.05, 0) is 55.2 Å². The summed E-state index contributed by atoms with van der Waals surface area (Å²) in [5, 5.41) is 0. The van der Waals surface area contributed by atoms with Crippen LogP contribution in [0.25, 0.3) is 0 Å². The molecule has 2 aromatic rings. The summed E-state index contributed by atoms with van der Waals surface area (Å²) < 4.78 is 11.0. The van der Waals surface area contributed by atoms with Gasteiger partial charge in [-0.1, -0.05) is 12.1 Å². The molecule has 0 aliphatic carbocycles. The summed E-state index contributed by atoms with van der Waals surface area (Å²) in [6.45, 7) is 2.99. The van der Waals surface area contributed by atoms with Crippen LogP contribution in [0.2, 0.25) is 0 Å². The van der Waals surface area contributed by atoms with Crippen LogP contribution in [-0.4, -0.2) is 39.3 Å². The first-order valence-corrected chi connectivity index (χ1v) is 9.20. The van der Waals surface area contributed by atoms with E-state index in [9.17, 15) is 4.79 Å². The van der Waals surface area contributed by atoms with E-state index in [0.717, 1.165) is 25.2 Å². The minimum Gasteiger partial charge on any atom is -0.493 e. The minimum absolute atomic E-state index is 0.00763. The average molecular weight is 352 g/mol. The number of anilines is 2. The van der Waals surface area contributed by atoms with Gasteiger partial charge in [-0.3, -0.25) is 4.79 Å². The Hall–Kier alpha value is -2.69. The van der Waals surface area contributed by atoms with Gasteiger partial charge in [0.05, 0.1) is 7.11 Å². The van der Waals surface area contributed by atoms with Crippen molar-refractivity contribution in [3.05, 3.63) is 48.0 Å². The van der Waals surface area contributed by atoms with Gasteiger partial charge in [-0.25, -0.2) is 0 Å². The van der Waals surface area contributed by atoms with Crippen LogP contribution in [0.5, 0.6) is 11.5 Å². The van der Waals surface area contributed by atoms with Gasteiger partial charge in [-0.2, -0.15) is 0 Å². The van der Waals surface area contributed by atoms with Crippen molar-refractivity contribution in [2.75, 3.05) is 43.2 Å². The van der Waals surface area contributed by atoms with Gasteiger partial charge in [-0.15, -0.1) is 0 Å². The maximum Gasteiger partial charge on any atom is 0.264 e. The highest BCUT2D eigenvalue weighted by Crippen LogP contribution is 2.33. The molecule has 0 saturated carbocycles. The van der Waals surface area contributed by atoms with E-state index in [1.807, 2.05) is 29.2 Å². The number of ether oxygens (including phenoxy) is 2. The Morgan fingerprint density at radius 2 is 1.81 bits per heavy atom. The van der Waals surface area contributed by atoms with Crippen molar-refractivity contribution < 1.29 is 14.3 Å². The second-order valence-electron chi connectivity index (χ2n) is 6.74. The zero-order chi connectivity index (χ0) is 17.9. The number of hydrogen-bond donors (Lipinski definition) is 0. The molecule has 0 aromatic heterocycles. The van der Waals surface area contributed by atoms with Gasteiger partial charge < -0.3 is 19.3 Å². The molecule has 0 atom stereocenters. The lowest BCUT2D eigenvalue weighted by molar-refractivity contribution is -0.120. The average Bonchev–Trinajstić information content (AvgIpc) is 3.35. The Morgan fingerprint density at radius 1 is 1.04 bits per heavy atom. The highest BCUT2D eigenvalue weighted by molar-refractivity contribution is 5.96. The highest BCUT2D eigenvalue weighted by Gasteiger charge is 2.26. The number of methoxy groups -OCH3 is 1. The lowest BCUT2D eigenvalue weighted by atomic mass is 10.1. The Morgan fingerprint density at radius 3 is 2.58 bits per heavy atom. The minimum atomic E-state index is -0.0245. The van der Waals surface area contributed by atoms with Crippen molar-refractivity contribution in [1.82, 2.24) is 0 Å². The third-order valence-electron chi connectivity index (χ3n) is 5.15. The van der Waals surface area contributed by atoms with Crippen molar-refractivity contribution in [2.24, 2.45) is 0 Å². The number of hydrogen-bond acceptors (Lipinski definition) is 4. The van der Waals surface area contributed by atoms with Gasteiger partial charge in [0.25, 0.3) is 5.91 Å². The quantitative estimate of drug-likeness (QED) is 0.828. The molecule has 0 N–H and O–H groups in total. The second kappa shape index (κ2) is 7.28. The van der Waals surface area contributed by atoms with E-state index < -0.39 is 0 Å². The summed E-state index contributed by atoms with van der Waals surface area (Å²) >= 11 is 0. The van der Waals surface area contributed by atoms with Gasteiger partial charge in [0.15, 0.2) is 18.1 Å². The third kappa shape index (κ3) is 3.21. The standard InChI is InChI=1S/C21H24N2O3/c1-25-19-6-2-3-7-20(19)26-15-21(24)23-13-10-16-14-17(8-9-18(16)23)22-11-4-5-12-22/h2-3,6-9,14H,4-5,10-13,15H2,1H3. The molecular formula is C21H24N2O3. The van der Waals surface area contributed by atoms with Gasteiger partial charge in [0.1, 0.15) is 0 Å². The molecule has 2 aliphatic heterocycles. The number of benzene rings is 2. The van der Waals surface area contributed by atoms with Gasteiger partial charge >= 0.3 is 0 Å². The largest absolute Gasteiger partial charge is 0.493 e. The molecule has 1 fully saturated rings. The Bertz CT molecular complexity index is 800. The van der Waals surface area contributed by atoms with Crippen molar-refractivity contribution in [2.45, 2.75) is 19.3 Å². The van der Waals surface area contributed by atoms with Crippen molar-refractivity contribution in [1.29, 1.82) is 0 Å². The molecule has 0 radical (unpaired) electrons. The zero-order valence-electron chi connectivity index (χ0n) is 15.1. The fourth-order valence-corrected chi connectivity index (χ4v) is 3.77. The molecule has 2 heterocycles. The molecule has 0 spiro atoms. The van der Waals surface area contributed by atoms with Crippen LogP contribution in [0.3, 0.4) is 0 Å². The summed E-state index contributed by atoms with van der Waals surface area (Å²) in [5.74, 6) is 1.20. The summed E-state index contributed by atoms with van der Waals surface area (Å²) in [7, 11) is 1.60. The summed E-state index contributed by atoms with van der Waals surface area (Å²) in [6, 6.07) is 13.8. The Labute approximate surface area is 154 Å². The number of rotatable bonds is 5. The van der Waals surface area contributed by atoms with E-state index in [0.29, 0.717) is 18.0 Å². The maximum absolute atomic E-state index is 12.7. The van der Waals surface area contributed by atoms with Crippen LogP contribution in [-0.2, 0) is 11.2 Å². The van der Waals surface area contributed by atoms with Crippen LogP contribution in [0.4, 0.5) is 11.4 Å². The number of nitrogens with zero attached hydrogens (tertiary/aromatic N) is 2. The first-order valence-electron chi connectivity index (χ1n) is 9.20. The predicted octanol–water partition coefficient (Wildman–Crippen LogP) is 3.26. The molecule has 0 unspecified atom stereocenters. The van der Waals surface area contributed by atoms with Gasteiger partial charge in [0, 0.05) is 31.0 Å². The molecule has 5 heteroatoms. The maximum atomic E-state index is 12.7. The third-order valence-corrected chi connectivity index (χ3v) is 5.15. The molecule has 136 valence electrons. The fourth-order valence-electron chi connectivity index (χ4n) is 3.77. The van der Waals surface area contributed by atoms with E-state index >= 15 is 0 Å². The van der Waals surface area contributed by atoms with Crippen LogP contribution >= 0.6 is 0 Å². The molecule has 1 saturated heterocycles. The normalized spacial score (nSPS) is 15.9. The van der Waals surface area contributed by atoms with Crippen LogP contribution in [0.1, 0.15) is 18.4 Å². The van der Waals surface area contributed by atoms with Gasteiger partial charge in [0.2, 0.25) is 0 Å². The van der Waals surface area contributed by atoms with E-state index in [4.69, 9.17) is 9.47 Å². The lowest BCUT2D eigenvalue weighted by Crippen LogP contribution is -2.33. The summed E-state index contributed by atoms with van der Waals surface area (Å²) in [5.41, 5.74) is 3.54. The number of carbonyl (C=O) groups is 1. The van der Waals surface area contributed by atoms with E-state index in [-0.39, 0.29) is 12.5 Å². The fraction of sp³-hybridized carbons (Fsp3) is 0.381. The molecular weight excluding hydrogens is 328 g/mol. The molecule has 4 rings (SSSR count). The second-order valence-corrected chi connectivity index (χ2v) is 6.74.